The van der Waals surface area contributed by atoms with E-state index in [0.29, 0.717) is 0 Å². The van der Waals surface area contributed by atoms with Crippen molar-refractivity contribution in [1.29, 1.82) is 0 Å². The van der Waals surface area contributed by atoms with Gasteiger partial charge in [0.05, 0.1) is 10.2 Å². The summed E-state index contributed by atoms with van der Waals surface area (Å²) in [7, 11) is 0. The van der Waals surface area contributed by atoms with Crippen molar-refractivity contribution in [3.63, 3.8) is 0 Å². The van der Waals surface area contributed by atoms with Crippen molar-refractivity contribution >= 4 is 21.6 Å². The molecule has 4 rings (SSSR count). The third kappa shape index (κ3) is 1.88. The van der Waals surface area contributed by atoms with Gasteiger partial charge in [0.25, 0.3) is 0 Å². The Balaban J connectivity index is 1.84. The highest BCUT2D eigenvalue weighted by atomic mass is 32.1. The van der Waals surface area contributed by atoms with E-state index in [0.717, 1.165) is 21.8 Å². The SMILES string of the molecule is c1cc(-c2nc3ccccc3s2)cc(-n2cnnc2)c1. The molecule has 0 fully saturated rings. The van der Waals surface area contributed by atoms with Gasteiger partial charge < -0.3 is 0 Å². The molecular formula is C15H10N4S. The number of thiazole rings is 1. The van der Waals surface area contributed by atoms with Crippen LogP contribution < -0.4 is 0 Å². The number of aromatic nitrogens is 4. The first-order valence-electron chi connectivity index (χ1n) is 6.21. The van der Waals surface area contributed by atoms with E-state index in [4.69, 9.17) is 0 Å². The highest BCUT2D eigenvalue weighted by Gasteiger charge is 2.07. The third-order valence-corrected chi connectivity index (χ3v) is 4.19. The van der Waals surface area contributed by atoms with Gasteiger partial charge in [-0.1, -0.05) is 24.3 Å². The highest BCUT2D eigenvalue weighted by Crippen LogP contribution is 2.30. The highest BCUT2D eigenvalue weighted by molar-refractivity contribution is 7.21. The fourth-order valence-electron chi connectivity index (χ4n) is 2.13. The van der Waals surface area contributed by atoms with E-state index in [1.54, 1.807) is 24.0 Å². The lowest BCUT2D eigenvalue weighted by molar-refractivity contribution is 1.06. The van der Waals surface area contributed by atoms with Gasteiger partial charge in [0.1, 0.15) is 17.7 Å². The molecule has 0 atom stereocenters. The summed E-state index contributed by atoms with van der Waals surface area (Å²) >= 11 is 1.70. The predicted octanol–water partition coefficient (Wildman–Crippen LogP) is 3.54. The Bertz CT molecular complexity index is 831. The Morgan fingerprint density at radius 2 is 1.75 bits per heavy atom. The molecule has 4 nitrogen and oxygen atoms in total. The molecule has 0 aliphatic heterocycles. The minimum atomic E-state index is 1.03. The van der Waals surface area contributed by atoms with E-state index in [9.17, 15) is 0 Å². The van der Waals surface area contributed by atoms with Crippen LogP contribution in [0.25, 0.3) is 26.5 Å². The predicted molar refractivity (Wildman–Crippen MR) is 80.0 cm³/mol. The van der Waals surface area contributed by atoms with E-state index in [-0.39, 0.29) is 0 Å². The molecule has 96 valence electrons. The molecule has 0 saturated heterocycles. The zero-order valence-corrected chi connectivity index (χ0v) is 11.3. The van der Waals surface area contributed by atoms with Gasteiger partial charge in [-0.2, -0.15) is 0 Å². The first-order valence-corrected chi connectivity index (χ1v) is 7.03. The van der Waals surface area contributed by atoms with Gasteiger partial charge in [0.15, 0.2) is 0 Å². The van der Waals surface area contributed by atoms with Crippen LogP contribution in [-0.2, 0) is 0 Å². The Morgan fingerprint density at radius 3 is 2.60 bits per heavy atom. The quantitative estimate of drug-likeness (QED) is 0.563. The number of hydrogen-bond donors (Lipinski definition) is 0. The minimum absolute atomic E-state index is 1.03. The molecule has 0 unspecified atom stereocenters. The number of benzene rings is 2. The lowest BCUT2D eigenvalue weighted by atomic mass is 10.2. The molecule has 0 N–H and O–H groups in total. The monoisotopic (exact) mass is 278 g/mol. The molecule has 0 spiro atoms. The molecule has 2 heterocycles. The van der Waals surface area contributed by atoms with Crippen molar-refractivity contribution in [2.45, 2.75) is 0 Å². The van der Waals surface area contributed by atoms with Gasteiger partial charge in [-0.3, -0.25) is 4.57 Å². The summed E-state index contributed by atoms with van der Waals surface area (Å²) in [4.78, 5) is 4.68. The summed E-state index contributed by atoms with van der Waals surface area (Å²) in [6, 6.07) is 16.4. The van der Waals surface area contributed by atoms with E-state index in [1.165, 1.54) is 4.70 Å². The Hall–Kier alpha value is -2.53. The molecule has 0 aliphatic rings. The van der Waals surface area contributed by atoms with Crippen LogP contribution in [-0.4, -0.2) is 19.7 Å². The summed E-state index contributed by atoms with van der Waals surface area (Å²) < 4.78 is 3.09. The number of fused-ring (bicyclic) bond motifs is 1. The average Bonchev–Trinajstić information content (AvgIpc) is 3.16. The molecule has 4 aromatic rings. The van der Waals surface area contributed by atoms with Gasteiger partial charge in [-0.05, 0) is 24.3 Å². The minimum Gasteiger partial charge on any atom is -0.288 e. The van der Waals surface area contributed by atoms with Crippen LogP contribution in [0.2, 0.25) is 0 Å². The number of hydrogen-bond acceptors (Lipinski definition) is 4. The van der Waals surface area contributed by atoms with Gasteiger partial charge in [-0.15, -0.1) is 21.5 Å². The maximum atomic E-state index is 4.68. The Morgan fingerprint density at radius 1 is 0.900 bits per heavy atom. The van der Waals surface area contributed by atoms with Crippen LogP contribution in [0.1, 0.15) is 0 Å². The van der Waals surface area contributed by atoms with Gasteiger partial charge in [0, 0.05) is 11.3 Å². The van der Waals surface area contributed by atoms with Gasteiger partial charge in [-0.25, -0.2) is 4.98 Å². The summed E-state index contributed by atoms with van der Waals surface area (Å²) in [6.07, 6.45) is 3.38. The first-order chi connectivity index (χ1) is 9.90. The summed E-state index contributed by atoms with van der Waals surface area (Å²) in [5.41, 5.74) is 3.19. The van der Waals surface area contributed by atoms with Crippen molar-refractivity contribution in [2.75, 3.05) is 0 Å². The standard InChI is InChI=1S/C15H10N4S/c1-2-7-14-13(6-1)18-15(20-14)11-4-3-5-12(8-11)19-9-16-17-10-19/h1-10H. The fourth-order valence-corrected chi connectivity index (χ4v) is 3.09. The molecule has 0 amide bonds. The Kier molecular flexibility index (Phi) is 2.57. The van der Waals surface area contributed by atoms with Crippen LogP contribution >= 0.6 is 11.3 Å². The number of para-hydroxylation sites is 1. The zero-order chi connectivity index (χ0) is 13.4. The summed E-state index contributed by atoms with van der Waals surface area (Å²) in [5.74, 6) is 0. The Labute approximate surface area is 119 Å². The molecular weight excluding hydrogens is 268 g/mol. The fraction of sp³-hybridized carbons (Fsp3) is 0. The average molecular weight is 278 g/mol. The maximum absolute atomic E-state index is 4.68. The molecule has 0 aliphatic carbocycles. The van der Waals surface area contributed by atoms with Crippen molar-refractivity contribution in [2.24, 2.45) is 0 Å². The lowest BCUT2D eigenvalue weighted by Crippen LogP contribution is -1.90. The topological polar surface area (TPSA) is 43.6 Å². The molecule has 2 aromatic carbocycles. The molecule has 0 bridgehead atoms. The molecule has 0 radical (unpaired) electrons. The smallest absolute Gasteiger partial charge is 0.124 e. The number of nitrogens with zero attached hydrogens (tertiary/aromatic N) is 4. The van der Waals surface area contributed by atoms with Crippen LogP contribution in [0, 0.1) is 0 Å². The maximum Gasteiger partial charge on any atom is 0.124 e. The summed E-state index contributed by atoms with van der Waals surface area (Å²) in [6.45, 7) is 0. The van der Waals surface area contributed by atoms with E-state index in [2.05, 4.69) is 33.4 Å². The molecule has 0 saturated carbocycles. The lowest BCUT2D eigenvalue weighted by Gasteiger charge is -2.02. The molecule has 20 heavy (non-hydrogen) atoms. The van der Waals surface area contributed by atoms with Crippen molar-refractivity contribution < 1.29 is 0 Å². The second-order valence-electron chi connectivity index (χ2n) is 4.41. The van der Waals surface area contributed by atoms with Crippen molar-refractivity contribution in [1.82, 2.24) is 19.7 Å². The van der Waals surface area contributed by atoms with Crippen LogP contribution in [0.4, 0.5) is 0 Å². The second-order valence-corrected chi connectivity index (χ2v) is 5.44. The van der Waals surface area contributed by atoms with Crippen molar-refractivity contribution in [3.05, 3.63) is 61.2 Å². The van der Waals surface area contributed by atoms with Crippen LogP contribution in [0.15, 0.2) is 61.2 Å². The molecule has 5 heteroatoms. The van der Waals surface area contributed by atoms with Gasteiger partial charge in [0.2, 0.25) is 0 Å². The van der Waals surface area contributed by atoms with E-state index in [1.807, 2.05) is 34.9 Å². The van der Waals surface area contributed by atoms with Crippen LogP contribution in [0.3, 0.4) is 0 Å². The van der Waals surface area contributed by atoms with Crippen molar-refractivity contribution in [3.8, 4) is 16.3 Å². The second kappa shape index (κ2) is 4.54. The zero-order valence-electron chi connectivity index (χ0n) is 10.5. The van der Waals surface area contributed by atoms with Crippen LogP contribution in [0.5, 0.6) is 0 Å². The first kappa shape index (κ1) is 11.3. The third-order valence-electron chi connectivity index (χ3n) is 3.10. The van der Waals surface area contributed by atoms with Gasteiger partial charge >= 0.3 is 0 Å². The normalized spacial score (nSPS) is 11.0. The largest absolute Gasteiger partial charge is 0.288 e. The van der Waals surface area contributed by atoms with E-state index >= 15 is 0 Å². The van der Waals surface area contributed by atoms with E-state index < -0.39 is 0 Å². The summed E-state index contributed by atoms with van der Waals surface area (Å²) in [5, 5.41) is 8.70. The number of rotatable bonds is 2. The molecule has 2 aromatic heterocycles.